The van der Waals surface area contributed by atoms with Gasteiger partial charge in [0.15, 0.2) is 6.61 Å². The molecule has 0 saturated heterocycles. The van der Waals surface area contributed by atoms with Crippen molar-refractivity contribution < 1.29 is 14.3 Å². The standard InChI is InChI=1S/C11H12N2O4/c1-6-4-9(11(16)12-7(6)2)13-10(15)5-17-8(3)14/h4H,1-2,5H2,3H3,(H,12,16)(H,13,15). The molecule has 90 valence electrons. The Balaban J connectivity index is 2.82. The van der Waals surface area contributed by atoms with Gasteiger partial charge >= 0.3 is 5.97 Å². The molecule has 0 spiro atoms. The average molecular weight is 236 g/mol. The van der Waals surface area contributed by atoms with Crippen LogP contribution < -0.4 is 21.4 Å². The fraction of sp³-hybridized carbons (Fsp3) is 0.182. The van der Waals surface area contributed by atoms with Crippen LogP contribution in [0.2, 0.25) is 0 Å². The van der Waals surface area contributed by atoms with Crippen molar-refractivity contribution in [2.75, 3.05) is 11.9 Å². The molecule has 0 atom stereocenters. The van der Waals surface area contributed by atoms with Gasteiger partial charge in [-0.05, 0) is 11.3 Å². The minimum Gasteiger partial charge on any atom is -0.456 e. The fourth-order valence-corrected chi connectivity index (χ4v) is 1.06. The molecule has 0 aliphatic carbocycles. The number of hydrogen-bond acceptors (Lipinski definition) is 4. The van der Waals surface area contributed by atoms with Crippen LogP contribution >= 0.6 is 0 Å². The minimum atomic E-state index is -0.595. The van der Waals surface area contributed by atoms with Crippen molar-refractivity contribution in [3.8, 4) is 0 Å². The van der Waals surface area contributed by atoms with E-state index in [9.17, 15) is 14.4 Å². The van der Waals surface area contributed by atoms with Crippen LogP contribution in [0.15, 0.2) is 10.9 Å². The number of aromatic amines is 1. The van der Waals surface area contributed by atoms with Gasteiger partial charge in [0.2, 0.25) is 0 Å². The smallest absolute Gasteiger partial charge is 0.303 e. The van der Waals surface area contributed by atoms with E-state index < -0.39 is 24.0 Å². The summed E-state index contributed by atoms with van der Waals surface area (Å²) in [4.78, 5) is 35.6. The van der Waals surface area contributed by atoms with Crippen LogP contribution in [0, 0.1) is 0 Å². The number of pyridine rings is 1. The summed E-state index contributed by atoms with van der Waals surface area (Å²) in [6.07, 6.45) is 0. The van der Waals surface area contributed by atoms with Gasteiger partial charge in [-0.1, -0.05) is 13.2 Å². The summed E-state index contributed by atoms with van der Waals surface area (Å²) >= 11 is 0. The first-order valence-electron chi connectivity index (χ1n) is 4.74. The first-order valence-corrected chi connectivity index (χ1v) is 4.74. The second-order valence-corrected chi connectivity index (χ2v) is 3.34. The molecule has 0 radical (unpaired) electrons. The highest BCUT2D eigenvalue weighted by Gasteiger charge is 2.07. The molecule has 2 N–H and O–H groups in total. The van der Waals surface area contributed by atoms with E-state index in [0.29, 0.717) is 10.6 Å². The fourth-order valence-electron chi connectivity index (χ4n) is 1.06. The van der Waals surface area contributed by atoms with Crippen molar-refractivity contribution in [2.24, 2.45) is 0 Å². The molecule has 0 bridgehead atoms. The number of carbonyl (C=O) groups excluding carboxylic acids is 2. The van der Waals surface area contributed by atoms with Gasteiger partial charge in [-0.25, -0.2) is 0 Å². The first kappa shape index (κ1) is 12.7. The third kappa shape index (κ3) is 3.60. The Kier molecular flexibility index (Phi) is 3.82. The van der Waals surface area contributed by atoms with Gasteiger partial charge in [0.1, 0.15) is 5.69 Å². The second kappa shape index (κ2) is 5.11. The largest absolute Gasteiger partial charge is 0.456 e. The normalized spacial score (nSPS) is 9.71. The Labute approximate surface area is 96.6 Å². The molecule has 0 aliphatic rings. The summed E-state index contributed by atoms with van der Waals surface area (Å²) in [5, 5.41) is 3.18. The number of aromatic nitrogens is 1. The van der Waals surface area contributed by atoms with Crippen LogP contribution in [-0.2, 0) is 14.3 Å². The van der Waals surface area contributed by atoms with E-state index in [1.807, 2.05) is 0 Å². The van der Waals surface area contributed by atoms with E-state index in [1.165, 1.54) is 13.0 Å². The molecule has 0 saturated carbocycles. The Morgan fingerprint density at radius 2 is 2.12 bits per heavy atom. The van der Waals surface area contributed by atoms with Crippen molar-refractivity contribution in [1.82, 2.24) is 4.98 Å². The minimum absolute atomic E-state index is 0.0413. The number of ether oxygens (including phenoxy) is 1. The number of nitrogens with one attached hydrogen (secondary N) is 2. The molecule has 1 amide bonds. The molecule has 0 aliphatic heterocycles. The third-order valence-corrected chi connectivity index (χ3v) is 1.90. The summed E-state index contributed by atoms with van der Waals surface area (Å²) in [5.41, 5.74) is -0.446. The Morgan fingerprint density at radius 1 is 1.47 bits per heavy atom. The topological polar surface area (TPSA) is 88.3 Å². The predicted molar refractivity (Wildman–Crippen MR) is 62.6 cm³/mol. The molecule has 0 fully saturated rings. The van der Waals surface area contributed by atoms with Crippen LogP contribution in [0.25, 0.3) is 13.2 Å². The van der Waals surface area contributed by atoms with Crippen molar-refractivity contribution in [2.45, 2.75) is 6.92 Å². The molecular weight excluding hydrogens is 224 g/mol. The molecular formula is C11H12N2O4. The zero-order valence-electron chi connectivity index (χ0n) is 9.33. The average Bonchev–Trinajstić information content (AvgIpc) is 2.23. The molecule has 0 aromatic carbocycles. The SMILES string of the molecule is C=c1cc(NC(=O)COC(C)=O)c(=O)[nH]c1=C. The molecule has 1 aromatic rings. The lowest BCUT2D eigenvalue weighted by Gasteiger charge is -2.04. The summed E-state index contributed by atoms with van der Waals surface area (Å²) in [6.45, 7) is 7.94. The van der Waals surface area contributed by atoms with Gasteiger partial charge in [0.05, 0.1) is 0 Å². The van der Waals surface area contributed by atoms with Gasteiger partial charge in [-0.3, -0.25) is 14.4 Å². The van der Waals surface area contributed by atoms with Crippen molar-refractivity contribution >= 4 is 30.7 Å². The number of amides is 1. The van der Waals surface area contributed by atoms with Crippen molar-refractivity contribution in [1.29, 1.82) is 0 Å². The maximum Gasteiger partial charge on any atom is 0.303 e. The monoisotopic (exact) mass is 236 g/mol. The molecule has 1 aromatic heterocycles. The van der Waals surface area contributed by atoms with Crippen LogP contribution in [0.4, 0.5) is 5.69 Å². The van der Waals surface area contributed by atoms with E-state index in [-0.39, 0.29) is 5.69 Å². The molecule has 0 unspecified atom stereocenters. The summed E-state index contributed by atoms with van der Waals surface area (Å²) in [6, 6.07) is 1.40. The van der Waals surface area contributed by atoms with E-state index in [4.69, 9.17) is 0 Å². The van der Waals surface area contributed by atoms with Crippen molar-refractivity contribution in [3.05, 3.63) is 27.0 Å². The Morgan fingerprint density at radius 3 is 2.71 bits per heavy atom. The molecule has 1 rings (SSSR count). The van der Waals surface area contributed by atoms with Gasteiger partial charge < -0.3 is 15.0 Å². The summed E-state index contributed by atoms with van der Waals surface area (Å²) < 4.78 is 4.48. The van der Waals surface area contributed by atoms with Gasteiger partial charge in [-0.2, -0.15) is 0 Å². The lowest BCUT2D eigenvalue weighted by molar-refractivity contribution is -0.144. The Bertz CT molecular complexity index is 603. The zero-order valence-corrected chi connectivity index (χ0v) is 9.33. The molecule has 1 heterocycles. The molecule has 6 heteroatoms. The highest BCUT2D eigenvalue weighted by atomic mass is 16.5. The van der Waals surface area contributed by atoms with E-state index in [2.05, 4.69) is 28.2 Å². The summed E-state index contributed by atoms with van der Waals surface area (Å²) in [7, 11) is 0. The van der Waals surface area contributed by atoms with Crippen LogP contribution in [0.1, 0.15) is 6.92 Å². The number of esters is 1. The predicted octanol–water partition coefficient (Wildman–Crippen LogP) is -1.30. The first-order chi connectivity index (χ1) is 7.90. The van der Waals surface area contributed by atoms with E-state index >= 15 is 0 Å². The lowest BCUT2D eigenvalue weighted by atomic mass is 10.3. The quantitative estimate of drug-likeness (QED) is 0.638. The van der Waals surface area contributed by atoms with Gasteiger partial charge in [0, 0.05) is 12.3 Å². The third-order valence-electron chi connectivity index (χ3n) is 1.90. The van der Waals surface area contributed by atoms with E-state index in [0.717, 1.165) is 0 Å². The Hall–Kier alpha value is -2.37. The van der Waals surface area contributed by atoms with Gasteiger partial charge in [-0.15, -0.1) is 0 Å². The van der Waals surface area contributed by atoms with E-state index in [1.54, 1.807) is 0 Å². The highest BCUT2D eigenvalue weighted by molar-refractivity contribution is 5.92. The molecule has 6 nitrogen and oxygen atoms in total. The van der Waals surface area contributed by atoms with Gasteiger partial charge in [0.25, 0.3) is 11.5 Å². The number of carbonyl (C=O) groups is 2. The highest BCUT2D eigenvalue weighted by Crippen LogP contribution is 1.91. The maximum atomic E-state index is 11.4. The number of rotatable bonds is 3. The zero-order chi connectivity index (χ0) is 13.0. The number of anilines is 1. The molecule has 17 heavy (non-hydrogen) atoms. The van der Waals surface area contributed by atoms with Crippen LogP contribution in [0.3, 0.4) is 0 Å². The van der Waals surface area contributed by atoms with Crippen molar-refractivity contribution in [3.63, 3.8) is 0 Å². The second-order valence-electron chi connectivity index (χ2n) is 3.34. The number of hydrogen-bond donors (Lipinski definition) is 2. The maximum absolute atomic E-state index is 11.4. The van der Waals surface area contributed by atoms with Crippen LogP contribution in [0.5, 0.6) is 0 Å². The lowest BCUT2D eigenvalue weighted by Crippen LogP contribution is -2.35. The summed E-state index contributed by atoms with van der Waals surface area (Å²) in [5.74, 6) is -1.16. The number of H-pyrrole nitrogens is 1. The van der Waals surface area contributed by atoms with Crippen LogP contribution in [-0.4, -0.2) is 23.5 Å².